The van der Waals surface area contributed by atoms with Gasteiger partial charge in [-0.3, -0.25) is 14.6 Å². The molecule has 3 heterocycles. The van der Waals surface area contributed by atoms with Crippen LogP contribution in [0.15, 0.2) is 24.5 Å². The van der Waals surface area contributed by atoms with Crippen LogP contribution in [0.5, 0.6) is 0 Å². The van der Waals surface area contributed by atoms with Crippen LogP contribution in [0.2, 0.25) is 0 Å². The van der Waals surface area contributed by atoms with Gasteiger partial charge in [0.25, 0.3) is 5.91 Å². The summed E-state index contributed by atoms with van der Waals surface area (Å²) in [5.41, 5.74) is 1.61. The molecule has 7 heteroatoms. The molecule has 1 amide bonds. The number of rotatable bonds is 3. The number of carbonyl (C=O) groups excluding carboxylic acids is 1. The number of carboxylic acids is 1. The zero-order chi connectivity index (χ0) is 16.4. The minimum atomic E-state index is -0.832. The predicted octanol–water partition coefficient (Wildman–Crippen LogP) is 2.45. The molecule has 0 bridgehead atoms. The van der Waals surface area contributed by atoms with Crippen LogP contribution in [0, 0.1) is 12.8 Å². The van der Waals surface area contributed by atoms with Gasteiger partial charge < -0.3 is 10.0 Å². The normalized spacial score (nSPS) is 18.0. The number of likely N-dealkylation sites (tertiary alicyclic amines) is 1. The summed E-state index contributed by atoms with van der Waals surface area (Å²) < 4.78 is 0. The Morgan fingerprint density at radius 3 is 2.78 bits per heavy atom. The lowest BCUT2D eigenvalue weighted by atomic mass is 9.98. The van der Waals surface area contributed by atoms with E-state index in [4.69, 9.17) is 5.11 Å². The van der Waals surface area contributed by atoms with Crippen molar-refractivity contribution in [3.63, 3.8) is 0 Å². The second-order valence-electron chi connectivity index (χ2n) is 5.60. The maximum absolute atomic E-state index is 12.7. The Kier molecular flexibility index (Phi) is 4.38. The van der Waals surface area contributed by atoms with E-state index < -0.39 is 11.9 Å². The fourth-order valence-corrected chi connectivity index (χ4v) is 3.76. The molecule has 0 spiro atoms. The van der Waals surface area contributed by atoms with E-state index in [0.717, 1.165) is 17.0 Å². The van der Waals surface area contributed by atoms with Crippen molar-refractivity contribution in [1.82, 2.24) is 14.9 Å². The average molecular weight is 331 g/mol. The second-order valence-corrected chi connectivity index (χ2v) is 6.60. The number of thiazole rings is 1. The summed E-state index contributed by atoms with van der Waals surface area (Å²) in [6.45, 7) is 2.69. The van der Waals surface area contributed by atoms with Crippen LogP contribution in [0.1, 0.15) is 28.2 Å². The molecule has 1 atom stereocenters. The molecule has 2 aromatic heterocycles. The van der Waals surface area contributed by atoms with E-state index in [1.807, 2.05) is 19.1 Å². The van der Waals surface area contributed by atoms with E-state index in [0.29, 0.717) is 23.5 Å². The molecule has 0 aromatic carbocycles. The summed E-state index contributed by atoms with van der Waals surface area (Å²) in [7, 11) is 0. The van der Waals surface area contributed by atoms with Crippen LogP contribution in [0.3, 0.4) is 0 Å². The molecule has 1 fully saturated rings. The number of nitrogens with zero attached hydrogens (tertiary/aromatic N) is 3. The van der Waals surface area contributed by atoms with E-state index in [-0.39, 0.29) is 12.5 Å². The first-order valence-electron chi connectivity index (χ1n) is 7.46. The lowest BCUT2D eigenvalue weighted by Crippen LogP contribution is -2.42. The van der Waals surface area contributed by atoms with Crippen molar-refractivity contribution >= 4 is 23.2 Å². The molecule has 120 valence electrons. The van der Waals surface area contributed by atoms with Gasteiger partial charge in [0.05, 0.1) is 11.6 Å². The van der Waals surface area contributed by atoms with Crippen LogP contribution < -0.4 is 0 Å². The number of amides is 1. The number of pyridine rings is 1. The SMILES string of the molecule is Cc1nc(-c2ccncc2)sc1C(=O)N1CCCC(C(=O)O)C1. The number of aryl methyl sites for hydroxylation is 1. The van der Waals surface area contributed by atoms with Gasteiger partial charge in [-0.25, -0.2) is 4.98 Å². The quantitative estimate of drug-likeness (QED) is 0.934. The number of piperidine rings is 1. The number of aliphatic carboxylic acids is 1. The molecule has 1 saturated heterocycles. The third kappa shape index (κ3) is 3.24. The van der Waals surface area contributed by atoms with E-state index in [9.17, 15) is 9.59 Å². The Hall–Kier alpha value is -2.28. The molecule has 1 unspecified atom stereocenters. The number of carboxylic acid groups (broad SMARTS) is 1. The standard InChI is InChI=1S/C16H17N3O3S/c1-10-13(23-14(18-10)11-4-6-17-7-5-11)15(20)19-8-2-3-12(9-19)16(21)22/h4-7,12H,2-3,8-9H2,1H3,(H,21,22). The lowest BCUT2D eigenvalue weighted by Gasteiger charge is -2.30. The molecule has 1 aliphatic heterocycles. The van der Waals surface area contributed by atoms with Gasteiger partial charge in [-0.2, -0.15) is 0 Å². The Morgan fingerprint density at radius 2 is 2.09 bits per heavy atom. The van der Waals surface area contributed by atoms with Crippen LogP contribution in [-0.4, -0.2) is 44.9 Å². The third-order valence-electron chi connectivity index (χ3n) is 3.98. The largest absolute Gasteiger partial charge is 0.481 e. The first kappa shape index (κ1) is 15.6. The average Bonchev–Trinajstić information content (AvgIpc) is 2.97. The number of aromatic nitrogens is 2. The van der Waals surface area contributed by atoms with Crippen molar-refractivity contribution in [2.24, 2.45) is 5.92 Å². The van der Waals surface area contributed by atoms with Gasteiger partial charge in [-0.05, 0) is 31.9 Å². The predicted molar refractivity (Wildman–Crippen MR) is 86.3 cm³/mol. The van der Waals surface area contributed by atoms with Crippen LogP contribution in [-0.2, 0) is 4.79 Å². The Bertz CT molecular complexity index is 729. The highest BCUT2D eigenvalue weighted by atomic mass is 32.1. The van der Waals surface area contributed by atoms with Crippen molar-refractivity contribution in [2.75, 3.05) is 13.1 Å². The molecule has 23 heavy (non-hydrogen) atoms. The fourth-order valence-electron chi connectivity index (χ4n) is 2.72. The monoisotopic (exact) mass is 331 g/mol. The molecule has 0 radical (unpaired) electrons. The van der Waals surface area contributed by atoms with E-state index in [2.05, 4.69) is 9.97 Å². The maximum atomic E-state index is 12.7. The highest BCUT2D eigenvalue weighted by Gasteiger charge is 2.30. The third-order valence-corrected chi connectivity index (χ3v) is 5.17. The van der Waals surface area contributed by atoms with Crippen molar-refractivity contribution in [3.05, 3.63) is 35.1 Å². The Labute approximate surface area is 137 Å². The van der Waals surface area contributed by atoms with Gasteiger partial charge in [-0.1, -0.05) is 0 Å². The number of carbonyl (C=O) groups is 2. The molecule has 1 aliphatic rings. The zero-order valence-corrected chi connectivity index (χ0v) is 13.5. The van der Waals surface area contributed by atoms with Gasteiger partial charge in [0.15, 0.2) is 0 Å². The zero-order valence-electron chi connectivity index (χ0n) is 12.7. The summed E-state index contributed by atoms with van der Waals surface area (Å²) in [5, 5.41) is 9.94. The van der Waals surface area contributed by atoms with Crippen LogP contribution >= 0.6 is 11.3 Å². The van der Waals surface area contributed by atoms with Crippen LogP contribution in [0.25, 0.3) is 10.6 Å². The van der Waals surface area contributed by atoms with Crippen molar-refractivity contribution in [1.29, 1.82) is 0 Å². The summed E-state index contributed by atoms with van der Waals surface area (Å²) >= 11 is 1.35. The molecule has 1 N–H and O–H groups in total. The minimum Gasteiger partial charge on any atom is -0.481 e. The topological polar surface area (TPSA) is 83.4 Å². The van der Waals surface area contributed by atoms with Crippen molar-refractivity contribution < 1.29 is 14.7 Å². The summed E-state index contributed by atoms with van der Waals surface area (Å²) in [6, 6.07) is 3.71. The summed E-state index contributed by atoms with van der Waals surface area (Å²) in [4.78, 5) is 34.6. The van der Waals surface area contributed by atoms with Crippen molar-refractivity contribution in [2.45, 2.75) is 19.8 Å². The van der Waals surface area contributed by atoms with Gasteiger partial charge in [0.1, 0.15) is 9.88 Å². The fraction of sp³-hybridized carbons (Fsp3) is 0.375. The summed E-state index contributed by atoms with van der Waals surface area (Å²) in [6.07, 6.45) is 4.73. The number of hydrogen-bond acceptors (Lipinski definition) is 5. The molecular formula is C16H17N3O3S. The van der Waals surface area contributed by atoms with Crippen molar-refractivity contribution in [3.8, 4) is 10.6 Å². The van der Waals surface area contributed by atoms with E-state index >= 15 is 0 Å². The highest BCUT2D eigenvalue weighted by Crippen LogP contribution is 2.29. The highest BCUT2D eigenvalue weighted by molar-refractivity contribution is 7.17. The Morgan fingerprint density at radius 1 is 1.35 bits per heavy atom. The molecule has 6 nitrogen and oxygen atoms in total. The van der Waals surface area contributed by atoms with E-state index in [1.54, 1.807) is 17.3 Å². The molecule has 3 rings (SSSR count). The van der Waals surface area contributed by atoms with Gasteiger partial charge in [0, 0.05) is 31.0 Å². The first-order chi connectivity index (χ1) is 11.1. The molecular weight excluding hydrogens is 314 g/mol. The number of hydrogen-bond donors (Lipinski definition) is 1. The molecule has 0 saturated carbocycles. The Balaban J connectivity index is 1.83. The first-order valence-corrected chi connectivity index (χ1v) is 8.28. The van der Waals surface area contributed by atoms with Crippen LogP contribution in [0.4, 0.5) is 0 Å². The molecule has 0 aliphatic carbocycles. The smallest absolute Gasteiger partial charge is 0.308 e. The van der Waals surface area contributed by atoms with Gasteiger partial charge in [-0.15, -0.1) is 11.3 Å². The second kappa shape index (κ2) is 6.45. The summed E-state index contributed by atoms with van der Waals surface area (Å²) in [5.74, 6) is -1.42. The van der Waals surface area contributed by atoms with E-state index in [1.165, 1.54) is 11.3 Å². The minimum absolute atomic E-state index is 0.119. The molecule has 2 aromatic rings. The van der Waals surface area contributed by atoms with Gasteiger partial charge in [0.2, 0.25) is 0 Å². The lowest BCUT2D eigenvalue weighted by molar-refractivity contribution is -0.143. The maximum Gasteiger partial charge on any atom is 0.308 e. The van der Waals surface area contributed by atoms with Gasteiger partial charge >= 0.3 is 5.97 Å².